The fraction of sp³-hybridized carbons (Fsp3) is 0.462. The number of rotatable bonds is 3. The van der Waals surface area contributed by atoms with Crippen LogP contribution in [0.15, 0.2) is 18.2 Å². The van der Waals surface area contributed by atoms with Gasteiger partial charge in [0.15, 0.2) is 0 Å². The van der Waals surface area contributed by atoms with Gasteiger partial charge in [-0.25, -0.2) is 4.79 Å². The van der Waals surface area contributed by atoms with Gasteiger partial charge in [0, 0.05) is 25.2 Å². The van der Waals surface area contributed by atoms with Crippen molar-refractivity contribution in [2.75, 3.05) is 29.9 Å². The number of nitrogens with two attached hydrogens (primary N) is 1. The Bertz CT molecular complexity index is 466. The van der Waals surface area contributed by atoms with Crippen molar-refractivity contribution >= 4 is 17.3 Å². The third-order valence-electron chi connectivity index (χ3n) is 2.88. The monoisotopic (exact) mass is 249 g/mol. The van der Waals surface area contributed by atoms with Gasteiger partial charge in [-0.2, -0.15) is 0 Å². The molecule has 1 aliphatic rings. The van der Waals surface area contributed by atoms with Gasteiger partial charge < -0.3 is 21.1 Å². The number of fused-ring (bicyclic) bond motifs is 1. The summed E-state index contributed by atoms with van der Waals surface area (Å²) in [5, 5.41) is 12.3. The summed E-state index contributed by atoms with van der Waals surface area (Å²) in [5.74, 6) is -0.907. The molecule has 1 aromatic rings. The summed E-state index contributed by atoms with van der Waals surface area (Å²) in [6, 6.07) is 5.13. The third-order valence-corrected chi connectivity index (χ3v) is 2.88. The van der Waals surface area contributed by atoms with E-state index in [1.165, 1.54) is 0 Å². The van der Waals surface area contributed by atoms with Crippen LogP contribution in [0.2, 0.25) is 0 Å². The molecule has 0 fully saturated rings. The molecule has 0 aromatic heterocycles. The van der Waals surface area contributed by atoms with Crippen molar-refractivity contribution in [3.63, 3.8) is 0 Å². The molecule has 0 saturated heterocycles. The van der Waals surface area contributed by atoms with Gasteiger partial charge >= 0.3 is 5.97 Å². The van der Waals surface area contributed by atoms with E-state index in [2.05, 4.69) is 10.2 Å². The van der Waals surface area contributed by atoms with Crippen molar-refractivity contribution in [1.82, 2.24) is 0 Å². The van der Waals surface area contributed by atoms with E-state index in [9.17, 15) is 4.79 Å². The molecule has 1 aliphatic heterocycles. The zero-order valence-electron chi connectivity index (χ0n) is 10.7. The Labute approximate surface area is 107 Å². The summed E-state index contributed by atoms with van der Waals surface area (Å²) >= 11 is 0. The summed E-state index contributed by atoms with van der Waals surface area (Å²) in [6.45, 7) is 6.31. The number of carbonyl (C=O) groups is 1. The maximum Gasteiger partial charge on any atom is 0.335 e. The molecule has 0 bridgehead atoms. The maximum atomic E-state index is 11.0. The van der Waals surface area contributed by atoms with E-state index in [4.69, 9.17) is 10.8 Å². The molecular weight excluding hydrogens is 230 g/mol. The van der Waals surface area contributed by atoms with Crippen LogP contribution < -0.4 is 16.0 Å². The van der Waals surface area contributed by atoms with Crippen LogP contribution in [0.25, 0.3) is 0 Å². The zero-order valence-corrected chi connectivity index (χ0v) is 10.7. The Morgan fingerprint density at radius 3 is 2.89 bits per heavy atom. The number of carboxylic acid groups (broad SMARTS) is 1. The largest absolute Gasteiger partial charge is 0.478 e. The number of hydrogen-bond donors (Lipinski definition) is 3. The lowest BCUT2D eigenvalue weighted by Crippen LogP contribution is -2.48. The molecule has 0 aliphatic carbocycles. The average Bonchev–Trinajstić information content (AvgIpc) is 2.26. The summed E-state index contributed by atoms with van der Waals surface area (Å²) in [4.78, 5) is 13.2. The lowest BCUT2D eigenvalue weighted by Gasteiger charge is -2.36. The van der Waals surface area contributed by atoms with E-state index in [0.29, 0.717) is 12.1 Å². The van der Waals surface area contributed by atoms with E-state index in [-0.39, 0.29) is 5.54 Å². The van der Waals surface area contributed by atoms with Crippen LogP contribution in [0.1, 0.15) is 24.2 Å². The second-order valence-corrected chi connectivity index (χ2v) is 5.37. The summed E-state index contributed by atoms with van der Waals surface area (Å²) in [5.41, 5.74) is 7.92. The first-order valence-corrected chi connectivity index (χ1v) is 6.02. The Kier molecular flexibility index (Phi) is 3.17. The highest BCUT2D eigenvalue weighted by Gasteiger charge is 2.23. The molecule has 0 saturated carbocycles. The minimum absolute atomic E-state index is 0.303. The van der Waals surface area contributed by atoms with Gasteiger partial charge in [0.2, 0.25) is 0 Å². The molecule has 0 unspecified atom stereocenters. The second kappa shape index (κ2) is 4.49. The number of aromatic carboxylic acids is 1. The first-order chi connectivity index (χ1) is 8.37. The number of nitrogens with one attached hydrogen (secondary N) is 1. The van der Waals surface area contributed by atoms with Gasteiger partial charge in [-0.05, 0) is 32.0 Å². The predicted molar refractivity (Wildman–Crippen MR) is 72.4 cm³/mol. The van der Waals surface area contributed by atoms with Gasteiger partial charge in [0.1, 0.15) is 0 Å². The minimum atomic E-state index is -0.907. The Morgan fingerprint density at radius 2 is 2.28 bits per heavy atom. The van der Waals surface area contributed by atoms with Crippen LogP contribution in [0, 0.1) is 0 Å². The number of hydrogen-bond acceptors (Lipinski definition) is 4. The van der Waals surface area contributed by atoms with Crippen LogP contribution in [0.5, 0.6) is 0 Å². The van der Waals surface area contributed by atoms with Gasteiger partial charge in [-0.1, -0.05) is 0 Å². The van der Waals surface area contributed by atoms with Crippen LogP contribution >= 0.6 is 0 Å². The number of carboxylic acids is 1. The number of anilines is 2. The van der Waals surface area contributed by atoms with E-state index >= 15 is 0 Å². The van der Waals surface area contributed by atoms with Crippen molar-refractivity contribution in [2.24, 2.45) is 5.73 Å². The quantitative estimate of drug-likeness (QED) is 0.753. The highest BCUT2D eigenvalue weighted by Crippen LogP contribution is 2.30. The molecule has 4 N–H and O–H groups in total. The standard InChI is InChI=1S/C13H19N3O2/c1-13(2,14)8-16-6-5-15-10-4-3-9(12(17)18)7-11(10)16/h3-4,7,15H,5-6,8,14H2,1-2H3,(H,17,18). The number of benzene rings is 1. The van der Waals surface area contributed by atoms with Crippen LogP contribution in [-0.4, -0.2) is 36.2 Å². The first-order valence-electron chi connectivity index (χ1n) is 6.02. The van der Waals surface area contributed by atoms with Crippen molar-refractivity contribution in [2.45, 2.75) is 19.4 Å². The van der Waals surface area contributed by atoms with Crippen molar-refractivity contribution < 1.29 is 9.90 Å². The highest BCUT2D eigenvalue weighted by molar-refractivity contribution is 5.91. The fourth-order valence-electron chi connectivity index (χ4n) is 2.18. The molecule has 1 heterocycles. The summed E-state index contributed by atoms with van der Waals surface area (Å²) in [6.07, 6.45) is 0. The van der Waals surface area contributed by atoms with E-state index in [1.807, 2.05) is 19.9 Å². The Balaban J connectivity index is 2.34. The van der Waals surface area contributed by atoms with Crippen LogP contribution in [0.3, 0.4) is 0 Å². The fourth-order valence-corrected chi connectivity index (χ4v) is 2.18. The molecule has 0 spiro atoms. The first kappa shape index (κ1) is 12.7. The zero-order chi connectivity index (χ0) is 13.3. The highest BCUT2D eigenvalue weighted by atomic mass is 16.4. The number of nitrogens with zero attached hydrogens (tertiary/aromatic N) is 1. The normalized spacial score (nSPS) is 14.9. The summed E-state index contributed by atoms with van der Waals surface area (Å²) < 4.78 is 0. The molecule has 18 heavy (non-hydrogen) atoms. The molecule has 0 atom stereocenters. The van der Waals surface area contributed by atoms with E-state index in [0.717, 1.165) is 24.5 Å². The predicted octanol–water partition coefficient (Wildman–Crippen LogP) is 1.35. The second-order valence-electron chi connectivity index (χ2n) is 5.37. The van der Waals surface area contributed by atoms with Gasteiger partial charge in [-0.15, -0.1) is 0 Å². The van der Waals surface area contributed by atoms with Crippen molar-refractivity contribution in [1.29, 1.82) is 0 Å². The lowest BCUT2D eigenvalue weighted by atomic mass is 10.0. The van der Waals surface area contributed by atoms with Crippen LogP contribution in [-0.2, 0) is 0 Å². The SMILES string of the molecule is CC(C)(N)CN1CCNc2ccc(C(=O)O)cc21. The summed E-state index contributed by atoms with van der Waals surface area (Å²) in [7, 11) is 0. The Morgan fingerprint density at radius 1 is 1.56 bits per heavy atom. The molecule has 2 rings (SSSR count). The molecular formula is C13H19N3O2. The van der Waals surface area contributed by atoms with Crippen molar-refractivity contribution in [3.05, 3.63) is 23.8 Å². The van der Waals surface area contributed by atoms with E-state index in [1.54, 1.807) is 12.1 Å². The Hall–Kier alpha value is -1.75. The van der Waals surface area contributed by atoms with Crippen LogP contribution in [0.4, 0.5) is 11.4 Å². The smallest absolute Gasteiger partial charge is 0.335 e. The van der Waals surface area contributed by atoms with Gasteiger partial charge in [0.05, 0.1) is 16.9 Å². The molecule has 0 amide bonds. The molecule has 1 aromatic carbocycles. The molecule has 0 radical (unpaired) electrons. The molecule has 5 nitrogen and oxygen atoms in total. The molecule has 98 valence electrons. The maximum absolute atomic E-state index is 11.0. The van der Waals surface area contributed by atoms with Gasteiger partial charge in [0.25, 0.3) is 0 Å². The van der Waals surface area contributed by atoms with Gasteiger partial charge in [-0.3, -0.25) is 0 Å². The lowest BCUT2D eigenvalue weighted by molar-refractivity contribution is 0.0697. The van der Waals surface area contributed by atoms with Crippen molar-refractivity contribution in [3.8, 4) is 0 Å². The minimum Gasteiger partial charge on any atom is -0.478 e. The third kappa shape index (κ3) is 2.73. The average molecular weight is 249 g/mol. The topological polar surface area (TPSA) is 78.6 Å². The van der Waals surface area contributed by atoms with E-state index < -0.39 is 5.97 Å². The molecule has 5 heteroatoms.